The number of aliphatic carboxylic acids is 1. The van der Waals surface area contributed by atoms with Crippen molar-refractivity contribution in [3.63, 3.8) is 0 Å². The first-order valence-corrected chi connectivity index (χ1v) is 14.1. The van der Waals surface area contributed by atoms with Crippen molar-refractivity contribution in [2.75, 3.05) is 13.2 Å². The lowest BCUT2D eigenvalue weighted by atomic mass is 10.0. The molecule has 41 heavy (non-hydrogen) atoms. The highest BCUT2D eigenvalue weighted by molar-refractivity contribution is 5.92. The number of hydrazine groups is 1. The Morgan fingerprint density at radius 3 is 2.51 bits per heavy atom. The molecule has 1 saturated heterocycles. The lowest BCUT2D eigenvalue weighted by Gasteiger charge is -2.34. The van der Waals surface area contributed by atoms with E-state index in [-0.39, 0.29) is 24.9 Å². The molecule has 0 radical (unpaired) electrons. The zero-order valence-electron chi connectivity index (χ0n) is 23.9. The van der Waals surface area contributed by atoms with Crippen molar-refractivity contribution in [2.24, 2.45) is 5.92 Å². The molecule has 222 valence electrons. The minimum atomic E-state index is -1.03. The number of nitrogens with zero attached hydrogens (tertiary/aromatic N) is 2. The number of aliphatic hydroxyl groups excluding tert-OH is 1. The number of amides is 3. The minimum Gasteiger partial charge on any atom is -0.480 e. The van der Waals surface area contributed by atoms with Crippen molar-refractivity contribution in [1.82, 2.24) is 26.1 Å². The first-order valence-electron chi connectivity index (χ1n) is 14.1. The Kier molecular flexibility index (Phi) is 11.8. The first-order chi connectivity index (χ1) is 19.6. The molecule has 11 nitrogen and oxygen atoms in total. The summed E-state index contributed by atoms with van der Waals surface area (Å²) >= 11 is 0. The quantitative estimate of drug-likeness (QED) is 0.245. The molecular formula is C30H41N5O6. The summed E-state index contributed by atoms with van der Waals surface area (Å²) in [4.78, 5) is 54.3. The third kappa shape index (κ3) is 9.36. The molecule has 0 spiro atoms. The van der Waals surface area contributed by atoms with E-state index in [4.69, 9.17) is 5.11 Å². The summed E-state index contributed by atoms with van der Waals surface area (Å²) in [5.41, 5.74) is 6.59. The van der Waals surface area contributed by atoms with Gasteiger partial charge in [0.05, 0.1) is 0 Å². The van der Waals surface area contributed by atoms with Crippen molar-refractivity contribution in [1.29, 1.82) is 0 Å². The monoisotopic (exact) mass is 567 g/mol. The molecule has 3 rings (SSSR count). The zero-order chi connectivity index (χ0) is 29.9. The van der Waals surface area contributed by atoms with Crippen LogP contribution in [0.1, 0.15) is 57.7 Å². The number of aliphatic hydroxyl groups is 1. The van der Waals surface area contributed by atoms with Gasteiger partial charge < -0.3 is 20.8 Å². The van der Waals surface area contributed by atoms with Crippen LogP contribution in [0.2, 0.25) is 0 Å². The van der Waals surface area contributed by atoms with Crippen LogP contribution in [0.5, 0.6) is 0 Å². The van der Waals surface area contributed by atoms with Gasteiger partial charge in [-0.2, -0.15) is 0 Å². The molecule has 0 saturated carbocycles. The number of benzene rings is 1. The molecule has 1 aliphatic heterocycles. The van der Waals surface area contributed by atoms with Crippen LogP contribution in [0.25, 0.3) is 11.1 Å². The second-order valence-corrected chi connectivity index (χ2v) is 10.7. The topological polar surface area (TPSA) is 161 Å². The van der Waals surface area contributed by atoms with Crippen LogP contribution < -0.4 is 16.1 Å². The van der Waals surface area contributed by atoms with Gasteiger partial charge in [-0.25, -0.2) is 5.43 Å². The van der Waals surface area contributed by atoms with Crippen LogP contribution >= 0.6 is 0 Å². The van der Waals surface area contributed by atoms with E-state index in [0.717, 1.165) is 28.8 Å². The summed E-state index contributed by atoms with van der Waals surface area (Å²) in [5.74, 6) is -2.49. The summed E-state index contributed by atoms with van der Waals surface area (Å²) in [6.07, 6.45) is 4.79. The third-order valence-corrected chi connectivity index (χ3v) is 7.06. The Labute approximate surface area is 240 Å². The number of pyridine rings is 1. The van der Waals surface area contributed by atoms with Gasteiger partial charge in [0.15, 0.2) is 0 Å². The molecule has 1 aromatic heterocycles. The Morgan fingerprint density at radius 2 is 1.85 bits per heavy atom. The van der Waals surface area contributed by atoms with Crippen molar-refractivity contribution < 1.29 is 29.4 Å². The van der Waals surface area contributed by atoms with E-state index in [1.165, 1.54) is 11.9 Å². The van der Waals surface area contributed by atoms with Gasteiger partial charge in [0, 0.05) is 37.0 Å². The van der Waals surface area contributed by atoms with E-state index < -0.39 is 35.9 Å². The number of aromatic nitrogens is 1. The van der Waals surface area contributed by atoms with Gasteiger partial charge in [0.2, 0.25) is 11.8 Å². The number of hydrogen-bond acceptors (Lipinski definition) is 7. The van der Waals surface area contributed by atoms with Crippen LogP contribution in [0, 0.1) is 5.92 Å². The molecule has 2 aromatic rings. The van der Waals surface area contributed by atoms with Gasteiger partial charge in [-0.3, -0.25) is 29.2 Å². The molecule has 0 bridgehead atoms. The van der Waals surface area contributed by atoms with E-state index >= 15 is 0 Å². The fraction of sp³-hybridized carbons (Fsp3) is 0.500. The zero-order valence-corrected chi connectivity index (χ0v) is 23.9. The molecule has 3 amide bonds. The predicted octanol–water partition coefficient (Wildman–Crippen LogP) is 1.83. The van der Waals surface area contributed by atoms with Crippen LogP contribution in [0.3, 0.4) is 0 Å². The molecule has 5 N–H and O–H groups in total. The summed E-state index contributed by atoms with van der Waals surface area (Å²) in [6.45, 7) is 5.65. The average molecular weight is 568 g/mol. The van der Waals surface area contributed by atoms with E-state index in [0.29, 0.717) is 32.2 Å². The van der Waals surface area contributed by atoms with Gasteiger partial charge in [-0.15, -0.1) is 0 Å². The Morgan fingerprint density at radius 1 is 1.07 bits per heavy atom. The maximum atomic E-state index is 13.0. The second-order valence-electron chi connectivity index (χ2n) is 10.7. The van der Waals surface area contributed by atoms with Gasteiger partial charge in [-0.05, 0) is 62.1 Å². The number of aryl methyl sites for hydroxylation is 2. The van der Waals surface area contributed by atoms with E-state index in [1.807, 2.05) is 30.3 Å². The summed E-state index contributed by atoms with van der Waals surface area (Å²) in [5, 5.41) is 25.0. The normalized spacial score (nSPS) is 16.6. The number of rotatable bonds is 13. The molecule has 1 aliphatic rings. The number of carbonyl (C=O) groups is 4. The Hall–Kier alpha value is -3.83. The van der Waals surface area contributed by atoms with Crippen LogP contribution in [0.15, 0.2) is 42.6 Å². The van der Waals surface area contributed by atoms with Crippen molar-refractivity contribution in [3.8, 4) is 11.1 Å². The molecular weight excluding hydrogens is 526 g/mol. The van der Waals surface area contributed by atoms with Gasteiger partial charge in [0.25, 0.3) is 5.91 Å². The number of carboxylic acid groups (broad SMARTS) is 1. The molecule has 2 heterocycles. The summed E-state index contributed by atoms with van der Waals surface area (Å²) < 4.78 is 0. The number of carbonyl (C=O) groups excluding carboxylic acids is 3. The minimum absolute atomic E-state index is 0.141. The van der Waals surface area contributed by atoms with Crippen LogP contribution in [0.4, 0.5) is 0 Å². The van der Waals surface area contributed by atoms with Gasteiger partial charge >= 0.3 is 5.97 Å². The van der Waals surface area contributed by atoms with E-state index in [2.05, 4.69) is 27.1 Å². The first kappa shape index (κ1) is 31.7. The fourth-order valence-corrected chi connectivity index (χ4v) is 4.68. The lowest BCUT2D eigenvalue weighted by Crippen LogP contribution is -2.60. The highest BCUT2D eigenvalue weighted by Gasteiger charge is 2.32. The fourth-order valence-electron chi connectivity index (χ4n) is 4.68. The molecule has 1 aromatic carbocycles. The van der Waals surface area contributed by atoms with Crippen LogP contribution in [-0.2, 0) is 32.0 Å². The third-order valence-electron chi connectivity index (χ3n) is 7.06. The highest BCUT2D eigenvalue weighted by atomic mass is 16.4. The summed E-state index contributed by atoms with van der Waals surface area (Å²) in [6, 6.07) is 9.36. The number of nitrogens with one attached hydrogen (secondary N) is 3. The maximum absolute atomic E-state index is 13.0. The summed E-state index contributed by atoms with van der Waals surface area (Å²) in [7, 11) is 0. The molecule has 0 aliphatic carbocycles. The lowest BCUT2D eigenvalue weighted by molar-refractivity contribution is -0.148. The SMILES string of the molecule is CC(C)[C@H](NC(=O)CCc1ccc(-c2cccc(CCCO)c2)cn1)C(=O)N[C@@H](C)C(=O)N1CCC[C@@H](C(=O)O)N1. The molecule has 1 fully saturated rings. The van der Waals surface area contributed by atoms with Crippen molar-refractivity contribution in [3.05, 3.63) is 53.9 Å². The van der Waals surface area contributed by atoms with Crippen LogP contribution in [-0.4, -0.2) is 75.2 Å². The van der Waals surface area contributed by atoms with Crippen molar-refractivity contribution >= 4 is 23.7 Å². The van der Waals surface area contributed by atoms with Crippen molar-refractivity contribution in [2.45, 2.75) is 77.4 Å². The maximum Gasteiger partial charge on any atom is 0.322 e. The molecule has 3 atom stereocenters. The molecule has 11 heteroatoms. The smallest absolute Gasteiger partial charge is 0.322 e. The Bertz CT molecular complexity index is 1200. The van der Waals surface area contributed by atoms with E-state index in [9.17, 15) is 24.3 Å². The Balaban J connectivity index is 1.51. The largest absolute Gasteiger partial charge is 0.480 e. The number of hydrogen-bond donors (Lipinski definition) is 5. The molecule has 0 unspecified atom stereocenters. The highest BCUT2D eigenvalue weighted by Crippen LogP contribution is 2.21. The second kappa shape index (κ2) is 15.2. The number of carboxylic acids is 1. The standard InChI is InChI=1S/C30H41N5O6/c1-19(2)27(28(38)32-20(3)29(39)35-15-5-10-25(34-35)30(40)41)33-26(37)14-13-24-12-11-23(18-31-24)22-9-4-7-21(17-22)8-6-16-36/h4,7,9,11-12,17-20,25,27,34,36H,5-6,8,10,13-16H2,1-3H3,(H,32,38)(H,33,37)(H,40,41)/t20-,25-,27-/m0/s1. The van der Waals surface area contributed by atoms with E-state index in [1.54, 1.807) is 20.0 Å². The van der Waals surface area contributed by atoms with Gasteiger partial charge in [0.1, 0.15) is 18.1 Å². The van der Waals surface area contributed by atoms with Gasteiger partial charge in [-0.1, -0.05) is 44.2 Å². The predicted molar refractivity (Wildman–Crippen MR) is 153 cm³/mol. The average Bonchev–Trinajstić information content (AvgIpc) is 2.97.